The lowest BCUT2D eigenvalue weighted by Gasteiger charge is -2.00. The Kier molecular flexibility index (Phi) is 3.39. The van der Waals surface area contributed by atoms with Gasteiger partial charge in [-0.3, -0.25) is 10.1 Å². The van der Waals surface area contributed by atoms with Crippen LogP contribution in [0.25, 0.3) is 0 Å². The molecule has 0 aromatic heterocycles. The Balaban J connectivity index is 3.04. The number of hydrogen-bond donors (Lipinski definition) is 1. The first-order valence-electron chi connectivity index (χ1n) is 3.72. The third-order valence-electron chi connectivity index (χ3n) is 1.59. The van der Waals surface area contributed by atoms with Crippen molar-refractivity contribution >= 4 is 21.6 Å². The molecule has 4 nitrogen and oxygen atoms in total. The molecule has 0 saturated carbocycles. The molecule has 70 valence electrons. The standard InChI is InChI=1S/C8H9BrN2O2/c1-10-5-6-2-3-7(9)8(4-6)11(12)13/h2-4,10H,5H2,1H3. The summed E-state index contributed by atoms with van der Waals surface area (Å²) in [4.78, 5) is 10.1. The molecule has 5 heteroatoms. The maximum Gasteiger partial charge on any atom is 0.283 e. The number of rotatable bonds is 3. The first-order chi connectivity index (χ1) is 6.15. The van der Waals surface area contributed by atoms with Crippen molar-refractivity contribution in [2.75, 3.05) is 7.05 Å². The van der Waals surface area contributed by atoms with Gasteiger partial charge in [-0.05, 0) is 34.6 Å². The van der Waals surface area contributed by atoms with E-state index in [4.69, 9.17) is 0 Å². The molecule has 0 bridgehead atoms. The molecule has 0 fully saturated rings. The highest BCUT2D eigenvalue weighted by Gasteiger charge is 2.11. The van der Waals surface area contributed by atoms with Gasteiger partial charge in [0, 0.05) is 12.6 Å². The summed E-state index contributed by atoms with van der Waals surface area (Å²) in [6.45, 7) is 0.633. The Hall–Kier alpha value is -0.940. The quantitative estimate of drug-likeness (QED) is 0.655. The molecule has 1 aromatic rings. The summed E-state index contributed by atoms with van der Waals surface area (Å²) >= 11 is 3.12. The predicted octanol–water partition coefficient (Wildman–Crippen LogP) is 2.08. The van der Waals surface area contributed by atoms with E-state index in [1.807, 2.05) is 6.07 Å². The second-order valence-electron chi connectivity index (χ2n) is 2.57. The fourth-order valence-electron chi connectivity index (χ4n) is 1.01. The van der Waals surface area contributed by atoms with Crippen LogP contribution in [-0.4, -0.2) is 12.0 Å². The molecule has 0 aliphatic heterocycles. The fourth-order valence-corrected chi connectivity index (χ4v) is 1.40. The molecule has 0 unspecified atom stereocenters. The van der Waals surface area contributed by atoms with Crippen LogP contribution >= 0.6 is 15.9 Å². The maximum atomic E-state index is 10.5. The molecule has 1 rings (SSSR count). The molecule has 0 amide bonds. The van der Waals surface area contributed by atoms with Crippen molar-refractivity contribution in [2.24, 2.45) is 0 Å². The highest BCUT2D eigenvalue weighted by atomic mass is 79.9. The molecule has 0 radical (unpaired) electrons. The largest absolute Gasteiger partial charge is 0.316 e. The predicted molar refractivity (Wildman–Crippen MR) is 53.6 cm³/mol. The van der Waals surface area contributed by atoms with Crippen LogP contribution in [0.1, 0.15) is 5.56 Å². The first kappa shape index (κ1) is 10.1. The average molecular weight is 245 g/mol. The summed E-state index contributed by atoms with van der Waals surface area (Å²) < 4.78 is 0.511. The summed E-state index contributed by atoms with van der Waals surface area (Å²) in [5, 5.41) is 13.5. The van der Waals surface area contributed by atoms with Crippen molar-refractivity contribution in [1.29, 1.82) is 0 Å². The SMILES string of the molecule is CNCc1ccc(Br)c([N+](=O)[O-])c1. The number of nitrogens with zero attached hydrogens (tertiary/aromatic N) is 1. The second-order valence-corrected chi connectivity index (χ2v) is 3.43. The van der Waals surface area contributed by atoms with Gasteiger partial charge in [-0.2, -0.15) is 0 Å². The van der Waals surface area contributed by atoms with E-state index in [2.05, 4.69) is 21.2 Å². The third kappa shape index (κ3) is 2.50. The van der Waals surface area contributed by atoms with Crippen LogP contribution in [0.4, 0.5) is 5.69 Å². The number of benzene rings is 1. The van der Waals surface area contributed by atoms with Gasteiger partial charge >= 0.3 is 0 Å². The minimum Gasteiger partial charge on any atom is -0.316 e. The smallest absolute Gasteiger partial charge is 0.283 e. The molecule has 1 N–H and O–H groups in total. The van der Waals surface area contributed by atoms with E-state index in [1.165, 1.54) is 0 Å². The zero-order valence-corrected chi connectivity index (χ0v) is 8.67. The zero-order chi connectivity index (χ0) is 9.84. The number of nitro groups is 1. The summed E-state index contributed by atoms with van der Waals surface area (Å²) in [5.74, 6) is 0. The minimum absolute atomic E-state index is 0.104. The Morgan fingerprint density at radius 2 is 2.31 bits per heavy atom. The van der Waals surface area contributed by atoms with Crippen LogP contribution in [0.3, 0.4) is 0 Å². The van der Waals surface area contributed by atoms with Gasteiger partial charge < -0.3 is 5.32 Å². The van der Waals surface area contributed by atoms with Gasteiger partial charge in [-0.15, -0.1) is 0 Å². The summed E-state index contributed by atoms with van der Waals surface area (Å²) in [5.41, 5.74) is 1.00. The second kappa shape index (κ2) is 4.34. The Morgan fingerprint density at radius 3 is 2.85 bits per heavy atom. The number of nitro benzene ring substituents is 1. The van der Waals surface area contributed by atoms with Crippen molar-refractivity contribution in [3.05, 3.63) is 38.3 Å². The number of halogens is 1. The summed E-state index contributed by atoms with van der Waals surface area (Å²) in [7, 11) is 1.80. The van der Waals surface area contributed by atoms with Gasteiger partial charge in [0.05, 0.1) is 9.40 Å². The summed E-state index contributed by atoms with van der Waals surface area (Å²) in [6, 6.07) is 5.08. The van der Waals surface area contributed by atoms with Crippen molar-refractivity contribution in [3.8, 4) is 0 Å². The van der Waals surface area contributed by atoms with E-state index in [1.54, 1.807) is 19.2 Å². The average Bonchev–Trinajstić information content (AvgIpc) is 2.08. The molecular formula is C8H9BrN2O2. The van der Waals surface area contributed by atoms with Gasteiger partial charge in [0.25, 0.3) is 5.69 Å². The van der Waals surface area contributed by atoms with E-state index in [9.17, 15) is 10.1 Å². The lowest BCUT2D eigenvalue weighted by atomic mass is 10.2. The molecular weight excluding hydrogens is 236 g/mol. The van der Waals surface area contributed by atoms with Crippen molar-refractivity contribution in [1.82, 2.24) is 5.32 Å². The molecule has 0 saturated heterocycles. The monoisotopic (exact) mass is 244 g/mol. The van der Waals surface area contributed by atoms with Crippen LogP contribution in [0.2, 0.25) is 0 Å². The Labute approximate surface area is 84.2 Å². The molecule has 0 heterocycles. The lowest BCUT2D eigenvalue weighted by Crippen LogP contribution is -2.05. The Morgan fingerprint density at radius 1 is 1.62 bits per heavy atom. The van der Waals surface area contributed by atoms with Crippen LogP contribution in [0, 0.1) is 10.1 Å². The molecule has 13 heavy (non-hydrogen) atoms. The van der Waals surface area contributed by atoms with Gasteiger partial charge in [0.2, 0.25) is 0 Å². The molecule has 1 aromatic carbocycles. The van der Waals surface area contributed by atoms with Gasteiger partial charge in [-0.25, -0.2) is 0 Å². The van der Waals surface area contributed by atoms with Crippen LogP contribution < -0.4 is 5.32 Å². The van der Waals surface area contributed by atoms with E-state index in [0.29, 0.717) is 11.0 Å². The third-order valence-corrected chi connectivity index (χ3v) is 2.26. The minimum atomic E-state index is -0.400. The van der Waals surface area contributed by atoms with Gasteiger partial charge in [-0.1, -0.05) is 6.07 Å². The van der Waals surface area contributed by atoms with Crippen molar-refractivity contribution in [2.45, 2.75) is 6.54 Å². The number of hydrogen-bond acceptors (Lipinski definition) is 3. The molecule has 0 spiro atoms. The van der Waals surface area contributed by atoms with Gasteiger partial charge in [0.1, 0.15) is 0 Å². The fraction of sp³-hybridized carbons (Fsp3) is 0.250. The molecule has 0 aliphatic rings. The van der Waals surface area contributed by atoms with Crippen LogP contribution in [-0.2, 0) is 6.54 Å². The molecule has 0 atom stereocenters. The van der Waals surface area contributed by atoms with Crippen molar-refractivity contribution in [3.63, 3.8) is 0 Å². The van der Waals surface area contributed by atoms with E-state index >= 15 is 0 Å². The van der Waals surface area contributed by atoms with Gasteiger partial charge in [0.15, 0.2) is 0 Å². The van der Waals surface area contributed by atoms with Crippen molar-refractivity contribution < 1.29 is 4.92 Å². The van der Waals surface area contributed by atoms with Crippen LogP contribution in [0.5, 0.6) is 0 Å². The first-order valence-corrected chi connectivity index (χ1v) is 4.52. The highest BCUT2D eigenvalue weighted by Crippen LogP contribution is 2.25. The topological polar surface area (TPSA) is 55.2 Å². The van der Waals surface area contributed by atoms with E-state index < -0.39 is 4.92 Å². The van der Waals surface area contributed by atoms with E-state index in [0.717, 1.165) is 5.56 Å². The zero-order valence-electron chi connectivity index (χ0n) is 7.08. The normalized spacial score (nSPS) is 10.0. The summed E-state index contributed by atoms with van der Waals surface area (Å²) in [6.07, 6.45) is 0. The van der Waals surface area contributed by atoms with Crippen LogP contribution in [0.15, 0.2) is 22.7 Å². The number of nitrogens with one attached hydrogen (secondary N) is 1. The Bertz CT molecular complexity index is 328. The lowest BCUT2D eigenvalue weighted by molar-refractivity contribution is -0.385. The maximum absolute atomic E-state index is 10.5. The van der Waals surface area contributed by atoms with E-state index in [-0.39, 0.29) is 5.69 Å². The highest BCUT2D eigenvalue weighted by molar-refractivity contribution is 9.10. The molecule has 0 aliphatic carbocycles.